The largest absolute Gasteiger partial charge is 0.378 e. The second-order valence-electron chi connectivity index (χ2n) is 8.69. The minimum absolute atomic E-state index is 0.0259. The quantitative estimate of drug-likeness (QED) is 0.525. The van der Waals surface area contributed by atoms with Crippen molar-refractivity contribution in [3.63, 3.8) is 0 Å². The van der Waals surface area contributed by atoms with Gasteiger partial charge in [-0.05, 0) is 54.1 Å². The molecular weight excluding hydrogens is 451 g/mol. The molecule has 1 fully saturated rings. The van der Waals surface area contributed by atoms with E-state index in [1.54, 1.807) is 12.1 Å². The summed E-state index contributed by atoms with van der Waals surface area (Å²) in [5.41, 5.74) is 3.79. The van der Waals surface area contributed by atoms with E-state index in [-0.39, 0.29) is 17.8 Å². The van der Waals surface area contributed by atoms with E-state index in [0.29, 0.717) is 17.1 Å². The van der Waals surface area contributed by atoms with Crippen molar-refractivity contribution in [1.29, 1.82) is 0 Å². The summed E-state index contributed by atoms with van der Waals surface area (Å²) in [6.45, 7) is 3.80. The van der Waals surface area contributed by atoms with Crippen LogP contribution in [-0.4, -0.2) is 57.6 Å². The highest BCUT2D eigenvalue weighted by atomic mass is 35.5. The van der Waals surface area contributed by atoms with Crippen LogP contribution in [0.5, 0.6) is 0 Å². The number of hydrogen-bond acceptors (Lipinski definition) is 4. The SMILES string of the molecule is CN(C)c1ccc([C@H](CNC(=O)c2ccccc2Cl)N2CCN(c3ccc(F)cc3)CC2)cc1. The molecule has 1 saturated heterocycles. The van der Waals surface area contributed by atoms with Crippen LogP contribution in [0.4, 0.5) is 15.8 Å². The summed E-state index contributed by atoms with van der Waals surface area (Å²) < 4.78 is 13.3. The van der Waals surface area contributed by atoms with Crippen molar-refractivity contribution < 1.29 is 9.18 Å². The number of hydrogen-bond donors (Lipinski definition) is 1. The van der Waals surface area contributed by atoms with Gasteiger partial charge >= 0.3 is 0 Å². The van der Waals surface area contributed by atoms with Gasteiger partial charge in [0.05, 0.1) is 16.6 Å². The Hall–Kier alpha value is -3.09. The van der Waals surface area contributed by atoms with Crippen LogP contribution in [0.15, 0.2) is 72.8 Å². The molecule has 3 aromatic rings. The molecule has 1 N–H and O–H groups in total. The molecule has 1 atom stereocenters. The van der Waals surface area contributed by atoms with Crippen molar-refractivity contribution in [2.24, 2.45) is 0 Å². The number of rotatable bonds is 7. The van der Waals surface area contributed by atoms with Gasteiger partial charge in [0.1, 0.15) is 5.82 Å². The normalized spacial score (nSPS) is 15.1. The van der Waals surface area contributed by atoms with Crippen LogP contribution in [0, 0.1) is 5.82 Å². The first-order valence-corrected chi connectivity index (χ1v) is 11.8. The molecule has 4 rings (SSSR count). The summed E-state index contributed by atoms with van der Waals surface area (Å²) in [6.07, 6.45) is 0. The van der Waals surface area contributed by atoms with E-state index in [1.165, 1.54) is 12.1 Å². The van der Waals surface area contributed by atoms with E-state index in [0.717, 1.165) is 43.1 Å². The maximum Gasteiger partial charge on any atom is 0.252 e. The Labute approximate surface area is 205 Å². The average Bonchev–Trinajstić information content (AvgIpc) is 2.85. The molecule has 0 aliphatic carbocycles. The van der Waals surface area contributed by atoms with Crippen LogP contribution in [0.25, 0.3) is 0 Å². The van der Waals surface area contributed by atoms with Gasteiger partial charge in [0.15, 0.2) is 0 Å². The second kappa shape index (κ2) is 10.9. The highest BCUT2D eigenvalue weighted by molar-refractivity contribution is 6.33. The van der Waals surface area contributed by atoms with E-state index in [1.807, 2.05) is 38.4 Å². The van der Waals surface area contributed by atoms with Gasteiger partial charge in [-0.1, -0.05) is 35.9 Å². The molecule has 1 amide bonds. The minimum Gasteiger partial charge on any atom is -0.378 e. The van der Waals surface area contributed by atoms with E-state index in [4.69, 9.17) is 11.6 Å². The highest BCUT2D eigenvalue weighted by Gasteiger charge is 2.26. The molecule has 1 aliphatic heterocycles. The van der Waals surface area contributed by atoms with Crippen molar-refractivity contribution in [2.45, 2.75) is 6.04 Å². The topological polar surface area (TPSA) is 38.8 Å². The number of halogens is 2. The summed E-state index contributed by atoms with van der Waals surface area (Å²) in [6, 6.07) is 22.2. The molecule has 3 aromatic carbocycles. The van der Waals surface area contributed by atoms with Gasteiger partial charge in [-0.2, -0.15) is 0 Å². The van der Waals surface area contributed by atoms with E-state index < -0.39 is 0 Å². The zero-order valence-electron chi connectivity index (χ0n) is 19.5. The van der Waals surface area contributed by atoms with Crippen LogP contribution in [-0.2, 0) is 0 Å². The fourth-order valence-electron chi connectivity index (χ4n) is 4.33. The molecule has 0 radical (unpaired) electrons. The van der Waals surface area contributed by atoms with Gasteiger partial charge < -0.3 is 15.1 Å². The minimum atomic E-state index is -0.224. The number of benzene rings is 3. The van der Waals surface area contributed by atoms with Crippen LogP contribution >= 0.6 is 11.6 Å². The lowest BCUT2D eigenvalue weighted by Gasteiger charge is -2.40. The first-order valence-electron chi connectivity index (χ1n) is 11.5. The van der Waals surface area contributed by atoms with Gasteiger partial charge in [-0.15, -0.1) is 0 Å². The number of nitrogens with one attached hydrogen (secondary N) is 1. The van der Waals surface area contributed by atoms with Gasteiger partial charge in [0.25, 0.3) is 5.91 Å². The highest BCUT2D eigenvalue weighted by Crippen LogP contribution is 2.26. The van der Waals surface area contributed by atoms with E-state index >= 15 is 0 Å². The molecule has 0 unspecified atom stereocenters. The number of anilines is 2. The fourth-order valence-corrected chi connectivity index (χ4v) is 4.55. The van der Waals surface area contributed by atoms with Gasteiger partial charge in [-0.25, -0.2) is 4.39 Å². The zero-order chi connectivity index (χ0) is 24.1. The predicted octanol–water partition coefficient (Wildman–Crippen LogP) is 4.84. The lowest BCUT2D eigenvalue weighted by Crippen LogP contribution is -2.50. The van der Waals surface area contributed by atoms with E-state index in [2.05, 4.69) is 44.3 Å². The Morgan fingerprint density at radius 2 is 1.62 bits per heavy atom. The maximum atomic E-state index is 13.3. The van der Waals surface area contributed by atoms with Gasteiger partial charge in [-0.3, -0.25) is 9.69 Å². The van der Waals surface area contributed by atoms with Crippen molar-refractivity contribution in [3.05, 3.63) is 94.8 Å². The molecule has 1 aliphatic rings. The zero-order valence-corrected chi connectivity index (χ0v) is 20.3. The molecule has 5 nitrogen and oxygen atoms in total. The van der Waals surface area contributed by atoms with Gasteiger partial charge in [0, 0.05) is 58.2 Å². The third-order valence-corrected chi connectivity index (χ3v) is 6.65. The number of piperazine rings is 1. The predicted molar refractivity (Wildman–Crippen MR) is 137 cm³/mol. The smallest absolute Gasteiger partial charge is 0.252 e. The molecule has 0 aromatic heterocycles. The Morgan fingerprint density at radius 3 is 2.24 bits per heavy atom. The summed E-state index contributed by atoms with van der Waals surface area (Å²) in [7, 11) is 4.04. The number of nitrogens with zero attached hydrogens (tertiary/aromatic N) is 3. The Balaban J connectivity index is 1.49. The Bertz CT molecular complexity index is 1100. The van der Waals surface area contributed by atoms with Crippen molar-refractivity contribution in [2.75, 3.05) is 56.6 Å². The molecule has 0 saturated carbocycles. The van der Waals surface area contributed by atoms with Crippen LogP contribution in [0.3, 0.4) is 0 Å². The van der Waals surface area contributed by atoms with Crippen LogP contribution < -0.4 is 15.1 Å². The van der Waals surface area contributed by atoms with Crippen LogP contribution in [0.1, 0.15) is 22.0 Å². The van der Waals surface area contributed by atoms with E-state index in [9.17, 15) is 9.18 Å². The first kappa shape index (κ1) is 24.0. The molecule has 1 heterocycles. The molecule has 0 spiro atoms. The Morgan fingerprint density at radius 1 is 0.971 bits per heavy atom. The summed E-state index contributed by atoms with van der Waals surface area (Å²) in [5, 5.41) is 3.54. The van der Waals surface area contributed by atoms with Gasteiger partial charge in [0.2, 0.25) is 0 Å². The van der Waals surface area contributed by atoms with Crippen molar-refractivity contribution in [3.8, 4) is 0 Å². The summed E-state index contributed by atoms with van der Waals surface area (Å²) >= 11 is 6.23. The summed E-state index contributed by atoms with van der Waals surface area (Å²) in [5.74, 6) is -0.400. The lowest BCUT2D eigenvalue weighted by atomic mass is 10.0. The van der Waals surface area contributed by atoms with Crippen LogP contribution in [0.2, 0.25) is 5.02 Å². The molecule has 178 valence electrons. The number of amides is 1. The standard InChI is InChI=1S/C27H30ClFN4O/c1-31(2)22-11-7-20(8-12-22)26(19-30-27(34)24-5-3-4-6-25(24)28)33-17-15-32(16-18-33)23-13-9-21(29)10-14-23/h3-14,26H,15-19H2,1-2H3,(H,30,34)/t26-/m0/s1. The monoisotopic (exact) mass is 480 g/mol. The van der Waals surface area contributed by atoms with Crippen molar-refractivity contribution in [1.82, 2.24) is 10.2 Å². The Kier molecular flexibility index (Phi) is 7.70. The lowest BCUT2D eigenvalue weighted by molar-refractivity contribution is 0.0930. The molecule has 0 bridgehead atoms. The molecule has 34 heavy (non-hydrogen) atoms. The summed E-state index contributed by atoms with van der Waals surface area (Å²) in [4.78, 5) is 19.6. The fraction of sp³-hybridized carbons (Fsp3) is 0.296. The molecule has 7 heteroatoms. The number of carbonyl (C=O) groups is 1. The third-order valence-electron chi connectivity index (χ3n) is 6.32. The number of carbonyl (C=O) groups excluding carboxylic acids is 1. The second-order valence-corrected chi connectivity index (χ2v) is 9.10. The average molecular weight is 481 g/mol. The first-order chi connectivity index (χ1) is 16.4. The van der Waals surface area contributed by atoms with Crippen molar-refractivity contribution >= 4 is 28.9 Å². The molecular formula is C27H30ClFN4O. The maximum absolute atomic E-state index is 13.3. The third kappa shape index (κ3) is 5.69.